The van der Waals surface area contributed by atoms with Crippen molar-refractivity contribution in [2.45, 2.75) is 13.8 Å². The molecule has 0 bridgehead atoms. The van der Waals surface area contributed by atoms with Crippen molar-refractivity contribution in [3.05, 3.63) is 58.6 Å². The maximum Gasteiger partial charge on any atom is 0.291 e. The minimum atomic E-state index is -0.398. The van der Waals surface area contributed by atoms with Gasteiger partial charge in [0, 0.05) is 10.4 Å². The number of amides is 1. The van der Waals surface area contributed by atoms with Crippen LogP contribution in [0.3, 0.4) is 0 Å². The van der Waals surface area contributed by atoms with E-state index in [9.17, 15) is 9.90 Å². The summed E-state index contributed by atoms with van der Waals surface area (Å²) in [4.78, 5) is 14.4. The molecule has 1 amide bonds. The summed E-state index contributed by atoms with van der Waals surface area (Å²) in [5, 5.41) is 20.4. The SMILES string of the molecule is C/C(=N\NC(=O)c1cc(-c2ccc(C)s2)[nH]n1)c1cccc(O)c1. The summed E-state index contributed by atoms with van der Waals surface area (Å²) in [7, 11) is 0. The highest BCUT2D eigenvalue weighted by Gasteiger charge is 2.12. The molecule has 0 aliphatic carbocycles. The monoisotopic (exact) mass is 340 g/mol. The molecule has 24 heavy (non-hydrogen) atoms. The Kier molecular flexibility index (Phi) is 4.43. The summed E-state index contributed by atoms with van der Waals surface area (Å²) < 4.78 is 0. The van der Waals surface area contributed by atoms with Gasteiger partial charge in [0.25, 0.3) is 5.91 Å². The molecule has 6 nitrogen and oxygen atoms in total. The smallest absolute Gasteiger partial charge is 0.291 e. The number of nitrogens with one attached hydrogen (secondary N) is 2. The van der Waals surface area contributed by atoms with E-state index < -0.39 is 5.91 Å². The predicted octanol–water partition coefficient (Wildman–Crippen LogP) is 3.31. The average Bonchev–Trinajstić information content (AvgIpc) is 3.21. The molecule has 2 aromatic heterocycles. The number of hydrazone groups is 1. The van der Waals surface area contributed by atoms with Gasteiger partial charge >= 0.3 is 0 Å². The van der Waals surface area contributed by atoms with Gasteiger partial charge in [-0.3, -0.25) is 9.89 Å². The van der Waals surface area contributed by atoms with Gasteiger partial charge < -0.3 is 5.11 Å². The van der Waals surface area contributed by atoms with Crippen LogP contribution in [0.5, 0.6) is 5.75 Å². The number of H-pyrrole nitrogens is 1. The predicted molar refractivity (Wildman–Crippen MR) is 94.4 cm³/mol. The zero-order chi connectivity index (χ0) is 17.1. The third kappa shape index (κ3) is 3.52. The number of nitrogens with zero attached hydrogens (tertiary/aromatic N) is 2. The molecule has 1 aromatic carbocycles. The number of aromatic nitrogens is 2. The number of hydrogen-bond donors (Lipinski definition) is 3. The Morgan fingerprint density at radius 2 is 2.12 bits per heavy atom. The third-order valence-corrected chi connectivity index (χ3v) is 4.44. The van der Waals surface area contributed by atoms with Crippen LogP contribution in [0.1, 0.15) is 27.9 Å². The van der Waals surface area contributed by atoms with Gasteiger partial charge in [-0.15, -0.1) is 11.3 Å². The molecule has 0 spiro atoms. The van der Waals surface area contributed by atoms with Crippen LogP contribution < -0.4 is 5.43 Å². The zero-order valence-electron chi connectivity index (χ0n) is 13.2. The number of aromatic hydroxyl groups is 1. The third-order valence-electron chi connectivity index (χ3n) is 3.41. The first-order chi connectivity index (χ1) is 11.5. The fourth-order valence-electron chi connectivity index (χ4n) is 2.13. The van der Waals surface area contributed by atoms with Gasteiger partial charge in [-0.2, -0.15) is 10.2 Å². The van der Waals surface area contributed by atoms with Crippen LogP contribution in [0.25, 0.3) is 10.6 Å². The average molecular weight is 340 g/mol. The lowest BCUT2D eigenvalue weighted by atomic mass is 10.1. The van der Waals surface area contributed by atoms with Gasteiger partial charge in [-0.05, 0) is 44.2 Å². The largest absolute Gasteiger partial charge is 0.508 e. The van der Waals surface area contributed by atoms with Crippen LogP contribution in [0.15, 0.2) is 47.6 Å². The lowest BCUT2D eigenvalue weighted by Gasteiger charge is -2.02. The van der Waals surface area contributed by atoms with E-state index >= 15 is 0 Å². The summed E-state index contributed by atoms with van der Waals surface area (Å²) in [5.41, 5.74) is 4.86. The maximum absolute atomic E-state index is 12.2. The molecule has 2 heterocycles. The highest BCUT2D eigenvalue weighted by Crippen LogP contribution is 2.26. The van der Waals surface area contributed by atoms with Crippen molar-refractivity contribution >= 4 is 23.0 Å². The van der Waals surface area contributed by atoms with E-state index in [2.05, 4.69) is 20.7 Å². The van der Waals surface area contributed by atoms with E-state index in [1.165, 1.54) is 4.88 Å². The fourth-order valence-corrected chi connectivity index (χ4v) is 2.96. The Labute approximate surface area is 142 Å². The molecule has 0 atom stereocenters. The minimum absolute atomic E-state index is 0.150. The molecule has 3 N–H and O–H groups in total. The number of phenolic OH excluding ortho intramolecular Hbond substituents is 1. The van der Waals surface area contributed by atoms with Crippen molar-refractivity contribution < 1.29 is 9.90 Å². The molecule has 0 aliphatic rings. The Morgan fingerprint density at radius 1 is 1.29 bits per heavy atom. The molecule has 0 fully saturated rings. The lowest BCUT2D eigenvalue weighted by Crippen LogP contribution is -2.19. The highest BCUT2D eigenvalue weighted by molar-refractivity contribution is 7.15. The normalized spacial score (nSPS) is 11.5. The molecule has 3 aromatic rings. The van der Waals surface area contributed by atoms with E-state index in [4.69, 9.17) is 0 Å². The number of benzene rings is 1. The summed E-state index contributed by atoms with van der Waals surface area (Å²) >= 11 is 1.63. The second kappa shape index (κ2) is 6.67. The Balaban J connectivity index is 1.71. The van der Waals surface area contributed by atoms with Crippen molar-refractivity contribution in [2.24, 2.45) is 5.10 Å². The van der Waals surface area contributed by atoms with Crippen molar-refractivity contribution in [3.8, 4) is 16.3 Å². The molecular formula is C17H16N4O2S. The van der Waals surface area contributed by atoms with Gasteiger partial charge in [0.2, 0.25) is 0 Å². The van der Waals surface area contributed by atoms with Gasteiger partial charge in [0.1, 0.15) is 5.75 Å². The first-order valence-electron chi connectivity index (χ1n) is 7.29. The fraction of sp³-hybridized carbons (Fsp3) is 0.118. The molecule has 3 rings (SSSR count). The minimum Gasteiger partial charge on any atom is -0.508 e. The number of thiophene rings is 1. The standard InChI is InChI=1S/C17H16N4O2S/c1-10-6-7-16(24-10)14-9-15(20-19-14)17(23)21-18-11(2)12-4-3-5-13(22)8-12/h3-9,22H,1-2H3,(H,19,20)(H,21,23)/b18-11+. The van der Waals surface area contributed by atoms with Crippen molar-refractivity contribution in [1.29, 1.82) is 0 Å². The summed E-state index contributed by atoms with van der Waals surface area (Å²) in [5.74, 6) is -0.248. The van der Waals surface area contributed by atoms with Gasteiger partial charge in [0.15, 0.2) is 5.69 Å². The van der Waals surface area contributed by atoms with Crippen LogP contribution in [0.2, 0.25) is 0 Å². The Morgan fingerprint density at radius 3 is 2.83 bits per heavy atom. The van der Waals surface area contributed by atoms with E-state index in [1.807, 2.05) is 19.1 Å². The van der Waals surface area contributed by atoms with Crippen LogP contribution in [0.4, 0.5) is 0 Å². The molecule has 0 aliphatic heterocycles. The topological polar surface area (TPSA) is 90.4 Å². The highest BCUT2D eigenvalue weighted by atomic mass is 32.1. The van der Waals surface area contributed by atoms with E-state index in [1.54, 1.807) is 48.6 Å². The van der Waals surface area contributed by atoms with Crippen molar-refractivity contribution in [1.82, 2.24) is 15.6 Å². The van der Waals surface area contributed by atoms with Crippen LogP contribution in [-0.4, -0.2) is 26.9 Å². The first kappa shape index (κ1) is 15.9. The molecule has 0 unspecified atom stereocenters. The number of hydrogen-bond acceptors (Lipinski definition) is 5. The number of rotatable bonds is 4. The Hall–Kier alpha value is -2.93. The lowest BCUT2D eigenvalue weighted by molar-refractivity contribution is 0.0950. The number of aromatic amines is 1. The number of carbonyl (C=O) groups is 1. The Bertz CT molecular complexity index is 911. The van der Waals surface area contributed by atoms with Crippen molar-refractivity contribution in [3.63, 3.8) is 0 Å². The van der Waals surface area contributed by atoms with Gasteiger partial charge in [0.05, 0.1) is 16.3 Å². The van der Waals surface area contributed by atoms with Gasteiger partial charge in [-0.1, -0.05) is 12.1 Å². The van der Waals surface area contributed by atoms with Crippen LogP contribution in [0, 0.1) is 6.92 Å². The van der Waals surface area contributed by atoms with E-state index in [0.29, 0.717) is 5.71 Å². The number of aryl methyl sites for hydroxylation is 1. The molecular weight excluding hydrogens is 324 g/mol. The molecule has 7 heteroatoms. The second-order valence-electron chi connectivity index (χ2n) is 5.27. The number of carbonyl (C=O) groups excluding carboxylic acids is 1. The maximum atomic E-state index is 12.2. The van der Waals surface area contributed by atoms with E-state index in [0.717, 1.165) is 16.1 Å². The quantitative estimate of drug-likeness (QED) is 0.503. The van der Waals surface area contributed by atoms with Crippen molar-refractivity contribution in [2.75, 3.05) is 0 Å². The van der Waals surface area contributed by atoms with E-state index in [-0.39, 0.29) is 11.4 Å². The van der Waals surface area contributed by atoms with Gasteiger partial charge in [-0.25, -0.2) is 5.43 Å². The molecule has 0 radical (unpaired) electrons. The zero-order valence-corrected chi connectivity index (χ0v) is 14.0. The second-order valence-corrected chi connectivity index (χ2v) is 6.55. The number of phenols is 1. The summed E-state index contributed by atoms with van der Waals surface area (Å²) in [6, 6.07) is 12.4. The van der Waals surface area contributed by atoms with Crippen LogP contribution >= 0.6 is 11.3 Å². The molecule has 122 valence electrons. The first-order valence-corrected chi connectivity index (χ1v) is 8.11. The molecule has 0 saturated carbocycles. The molecule has 0 saturated heterocycles. The van der Waals surface area contributed by atoms with Crippen LogP contribution in [-0.2, 0) is 0 Å². The summed E-state index contributed by atoms with van der Waals surface area (Å²) in [6.45, 7) is 3.77. The summed E-state index contributed by atoms with van der Waals surface area (Å²) in [6.07, 6.45) is 0.